The van der Waals surface area contributed by atoms with Gasteiger partial charge >= 0.3 is 0 Å². The Hall–Kier alpha value is -2.49. The van der Waals surface area contributed by atoms with Crippen molar-refractivity contribution in [1.82, 2.24) is 10.4 Å². The molecule has 19 heavy (non-hydrogen) atoms. The molecule has 0 aliphatic rings. The number of amides is 1. The average molecular weight is 253 g/mol. The van der Waals surface area contributed by atoms with Gasteiger partial charge in [-0.1, -0.05) is 35.9 Å². The van der Waals surface area contributed by atoms with E-state index >= 15 is 0 Å². The van der Waals surface area contributed by atoms with E-state index in [2.05, 4.69) is 15.5 Å². The molecule has 1 amide bonds. The number of carbonyl (C=O) groups is 1. The van der Waals surface area contributed by atoms with Gasteiger partial charge in [-0.2, -0.15) is 5.10 Å². The lowest BCUT2D eigenvalue weighted by Crippen LogP contribution is -2.20. The van der Waals surface area contributed by atoms with Crippen LogP contribution in [-0.4, -0.2) is 16.6 Å². The Kier molecular flexibility index (Phi) is 4.03. The van der Waals surface area contributed by atoms with Crippen LogP contribution >= 0.6 is 0 Å². The van der Waals surface area contributed by atoms with E-state index in [0.717, 1.165) is 11.3 Å². The second kappa shape index (κ2) is 5.91. The van der Waals surface area contributed by atoms with E-state index in [9.17, 15) is 4.79 Å². The molecule has 4 heteroatoms. The van der Waals surface area contributed by atoms with Gasteiger partial charge in [-0.3, -0.25) is 9.78 Å². The summed E-state index contributed by atoms with van der Waals surface area (Å²) >= 11 is 0. The first kappa shape index (κ1) is 13.0. The number of hydrogen-bond acceptors (Lipinski definition) is 3. The van der Waals surface area contributed by atoms with E-state index in [0.29, 0.717) is 5.69 Å². The monoisotopic (exact) mass is 253 g/mol. The Labute approximate surface area is 112 Å². The number of hydrogen-bond donors (Lipinski definition) is 1. The van der Waals surface area contributed by atoms with Gasteiger partial charge in [-0.15, -0.1) is 0 Å². The number of rotatable bonds is 3. The first-order chi connectivity index (χ1) is 9.16. The van der Waals surface area contributed by atoms with Gasteiger partial charge in [0.1, 0.15) is 5.69 Å². The minimum absolute atomic E-state index is 0.313. The number of nitrogens with zero attached hydrogens (tertiary/aromatic N) is 2. The molecule has 0 spiro atoms. The molecule has 1 aromatic heterocycles. The quantitative estimate of drug-likeness (QED) is 0.675. The molecule has 0 unspecified atom stereocenters. The van der Waals surface area contributed by atoms with Crippen molar-refractivity contribution < 1.29 is 4.79 Å². The lowest BCUT2D eigenvalue weighted by molar-refractivity contribution is 0.0950. The molecule has 0 aliphatic carbocycles. The summed E-state index contributed by atoms with van der Waals surface area (Å²) < 4.78 is 0. The lowest BCUT2D eigenvalue weighted by atomic mass is 10.1. The number of nitrogens with one attached hydrogen (secondary N) is 1. The Bertz CT molecular complexity index is 589. The SMILES string of the molecule is C/C(=N/NC(=O)c1ccccn1)c1ccc(C)cc1. The van der Waals surface area contributed by atoms with Crippen molar-refractivity contribution in [2.45, 2.75) is 13.8 Å². The molecule has 0 atom stereocenters. The number of aromatic nitrogens is 1. The third kappa shape index (κ3) is 3.48. The Morgan fingerprint density at radius 2 is 1.89 bits per heavy atom. The maximum atomic E-state index is 11.8. The molecule has 1 N–H and O–H groups in total. The van der Waals surface area contributed by atoms with Crippen molar-refractivity contribution in [1.29, 1.82) is 0 Å². The molecular weight excluding hydrogens is 238 g/mol. The molecule has 0 bridgehead atoms. The van der Waals surface area contributed by atoms with E-state index in [1.165, 1.54) is 5.56 Å². The fraction of sp³-hybridized carbons (Fsp3) is 0.133. The molecule has 0 fully saturated rings. The summed E-state index contributed by atoms with van der Waals surface area (Å²) in [6.45, 7) is 3.88. The van der Waals surface area contributed by atoms with Gasteiger partial charge in [-0.05, 0) is 31.5 Å². The minimum Gasteiger partial charge on any atom is -0.266 e. The van der Waals surface area contributed by atoms with Crippen LogP contribution in [0.2, 0.25) is 0 Å². The number of benzene rings is 1. The average Bonchev–Trinajstić information content (AvgIpc) is 2.46. The summed E-state index contributed by atoms with van der Waals surface area (Å²) in [5.41, 5.74) is 5.77. The van der Waals surface area contributed by atoms with Crippen molar-refractivity contribution in [2.24, 2.45) is 5.10 Å². The molecule has 4 nitrogen and oxygen atoms in total. The highest BCUT2D eigenvalue weighted by molar-refractivity contribution is 6.00. The van der Waals surface area contributed by atoms with Crippen LogP contribution in [0, 0.1) is 6.92 Å². The van der Waals surface area contributed by atoms with Crippen LogP contribution in [0.25, 0.3) is 0 Å². The highest BCUT2D eigenvalue weighted by Gasteiger charge is 2.04. The van der Waals surface area contributed by atoms with Crippen molar-refractivity contribution in [2.75, 3.05) is 0 Å². The van der Waals surface area contributed by atoms with E-state index < -0.39 is 0 Å². The van der Waals surface area contributed by atoms with Crippen LogP contribution in [0.3, 0.4) is 0 Å². The normalized spacial score (nSPS) is 11.2. The largest absolute Gasteiger partial charge is 0.289 e. The van der Waals surface area contributed by atoms with Gasteiger partial charge in [0.2, 0.25) is 0 Å². The van der Waals surface area contributed by atoms with E-state index in [-0.39, 0.29) is 5.91 Å². The van der Waals surface area contributed by atoms with Gasteiger partial charge in [0.15, 0.2) is 0 Å². The first-order valence-electron chi connectivity index (χ1n) is 5.99. The third-order valence-corrected chi connectivity index (χ3v) is 2.69. The molecule has 1 heterocycles. The molecule has 2 aromatic rings. The summed E-state index contributed by atoms with van der Waals surface area (Å²) in [4.78, 5) is 15.7. The summed E-state index contributed by atoms with van der Waals surface area (Å²) in [7, 11) is 0. The highest BCUT2D eigenvalue weighted by Crippen LogP contribution is 2.04. The van der Waals surface area contributed by atoms with Gasteiger partial charge in [0.25, 0.3) is 5.91 Å². The van der Waals surface area contributed by atoms with Crippen LogP contribution in [0.1, 0.15) is 28.5 Å². The summed E-state index contributed by atoms with van der Waals surface area (Å²) in [6, 6.07) is 13.1. The van der Waals surface area contributed by atoms with Crippen molar-refractivity contribution in [3.63, 3.8) is 0 Å². The summed E-state index contributed by atoms with van der Waals surface area (Å²) in [5, 5.41) is 4.08. The molecular formula is C15H15N3O. The highest BCUT2D eigenvalue weighted by atomic mass is 16.2. The fourth-order valence-corrected chi connectivity index (χ4v) is 1.55. The van der Waals surface area contributed by atoms with E-state index in [4.69, 9.17) is 0 Å². The Morgan fingerprint density at radius 1 is 1.16 bits per heavy atom. The van der Waals surface area contributed by atoms with Gasteiger partial charge in [0, 0.05) is 6.20 Å². The van der Waals surface area contributed by atoms with Gasteiger partial charge in [0.05, 0.1) is 5.71 Å². The van der Waals surface area contributed by atoms with Crippen LogP contribution in [0.15, 0.2) is 53.8 Å². The molecule has 0 saturated carbocycles. The zero-order valence-electron chi connectivity index (χ0n) is 10.9. The predicted molar refractivity (Wildman–Crippen MR) is 75.1 cm³/mol. The zero-order valence-corrected chi connectivity index (χ0v) is 10.9. The van der Waals surface area contributed by atoms with Crippen LogP contribution in [-0.2, 0) is 0 Å². The Balaban J connectivity index is 2.06. The third-order valence-electron chi connectivity index (χ3n) is 2.69. The second-order valence-electron chi connectivity index (χ2n) is 4.22. The molecule has 0 aliphatic heterocycles. The molecule has 1 aromatic carbocycles. The molecule has 2 rings (SSSR count). The van der Waals surface area contributed by atoms with Crippen molar-refractivity contribution >= 4 is 11.6 Å². The van der Waals surface area contributed by atoms with Crippen LogP contribution < -0.4 is 5.43 Å². The van der Waals surface area contributed by atoms with E-state index in [1.807, 2.05) is 38.1 Å². The van der Waals surface area contributed by atoms with Crippen LogP contribution in [0.4, 0.5) is 0 Å². The summed E-state index contributed by atoms with van der Waals surface area (Å²) in [5.74, 6) is -0.313. The predicted octanol–water partition coefficient (Wildman–Crippen LogP) is 2.54. The van der Waals surface area contributed by atoms with Gasteiger partial charge < -0.3 is 0 Å². The lowest BCUT2D eigenvalue weighted by Gasteiger charge is -2.03. The second-order valence-corrected chi connectivity index (χ2v) is 4.22. The minimum atomic E-state index is -0.313. The van der Waals surface area contributed by atoms with E-state index in [1.54, 1.807) is 24.4 Å². The van der Waals surface area contributed by atoms with Gasteiger partial charge in [-0.25, -0.2) is 5.43 Å². The van der Waals surface area contributed by atoms with Crippen LogP contribution in [0.5, 0.6) is 0 Å². The smallest absolute Gasteiger partial charge is 0.266 e. The summed E-state index contributed by atoms with van der Waals surface area (Å²) in [6.07, 6.45) is 1.57. The zero-order chi connectivity index (χ0) is 13.7. The number of hydrazone groups is 1. The van der Waals surface area contributed by atoms with Crippen molar-refractivity contribution in [3.05, 3.63) is 65.5 Å². The number of pyridine rings is 1. The maximum absolute atomic E-state index is 11.8. The fourth-order valence-electron chi connectivity index (χ4n) is 1.55. The molecule has 0 saturated heterocycles. The standard InChI is InChI=1S/C15H15N3O/c1-11-6-8-13(9-7-11)12(2)17-18-15(19)14-5-3-4-10-16-14/h3-10H,1-2H3,(H,18,19)/b17-12-. The first-order valence-corrected chi connectivity index (χ1v) is 5.99. The number of aryl methyl sites for hydroxylation is 1. The topological polar surface area (TPSA) is 54.4 Å². The molecule has 96 valence electrons. The molecule has 0 radical (unpaired) electrons. The Morgan fingerprint density at radius 3 is 2.53 bits per heavy atom. The van der Waals surface area contributed by atoms with Crippen molar-refractivity contribution in [3.8, 4) is 0 Å². The number of carbonyl (C=O) groups excluding carboxylic acids is 1. The maximum Gasteiger partial charge on any atom is 0.289 e.